The molecule has 110 valence electrons. The largest absolute Gasteiger partial charge is 0.320 e. The number of aromatic nitrogens is 1. The molecule has 0 aromatic carbocycles. The van der Waals surface area contributed by atoms with Gasteiger partial charge < -0.3 is 5.73 Å². The first-order valence-electron chi connectivity index (χ1n) is 6.44. The Labute approximate surface area is 121 Å². The van der Waals surface area contributed by atoms with Gasteiger partial charge in [-0.1, -0.05) is 32.6 Å². The fourth-order valence-corrected chi connectivity index (χ4v) is 2.52. The molecule has 0 saturated heterocycles. The first-order chi connectivity index (χ1) is 9.30. The van der Waals surface area contributed by atoms with Crippen LogP contribution in [0.1, 0.15) is 32.8 Å². The summed E-state index contributed by atoms with van der Waals surface area (Å²) in [6, 6.07) is 1.50. The summed E-state index contributed by atoms with van der Waals surface area (Å²) in [6.45, 7) is 6.65. The van der Waals surface area contributed by atoms with Gasteiger partial charge in [0, 0.05) is 24.5 Å². The molecule has 0 fully saturated rings. The molecule has 0 spiro atoms. The van der Waals surface area contributed by atoms with Gasteiger partial charge in [0.25, 0.3) is 0 Å². The van der Waals surface area contributed by atoms with Gasteiger partial charge in [0.2, 0.25) is 10.0 Å². The number of nitrogens with one attached hydrogen (secondary N) is 1. The van der Waals surface area contributed by atoms with Crippen LogP contribution in [0.2, 0.25) is 0 Å². The Morgan fingerprint density at radius 1 is 1.40 bits per heavy atom. The number of rotatable bonds is 5. The highest BCUT2D eigenvalue weighted by molar-refractivity contribution is 7.89. The summed E-state index contributed by atoms with van der Waals surface area (Å²) < 4.78 is 27.0. The standard InChI is InChI=1S/C14H21N3O2S/c1-4-14(2,3)11-17-20(18,19)13-8-12(6-5-7-15)9-16-10-13/h8-10,17H,4,7,11,15H2,1-3H3. The zero-order valence-electron chi connectivity index (χ0n) is 12.1. The van der Waals surface area contributed by atoms with Crippen molar-refractivity contribution in [3.8, 4) is 11.8 Å². The Morgan fingerprint density at radius 3 is 2.70 bits per heavy atom. The van der Waals surface area contributed by atoms with Crippen LogP contribution < -0.4 is 10.5 Å². The van der Waals surface area contributed by atoms with Crippen LogP contribution in [0.3, 0.4) is 0 Å². The average molecular weight is 295 g/mol. The van der Waals surface area contributed by atoms with E-state index in [9.17, 15) is 8.42 Å². The van der Waals surface area contributed by atoms with Gasteiger partial charge in [-0.05, 0) is 17.9 Å². The number of nitrogens with zero attached hydrogens (tertiary/aromatic N) is 1. The van der Waals surface area contributed by atoms with Crippen molar-refractivity contribution >= 4 is 10.0 Å². The van der Waals surface area contributed by atoms with Gasteiger partial charge >= 0.3 is 0 Å². The topological polar surface area (TPSA) is 85.1 Å². The quantitative estimate of drug-likeness (QED) is 0.797. The van der Waals surface area contributed by atoms with Gasteiger partial charge in [0.15, 0.2) is 0 Å². The molecule has 1 heterocycles. The number of pyridine rings is 1. The van der Waals surface area contributed by atoms with Crippen LogP contribution in [-0.4, -0.2) is 26.5 Å². The predicted octanol–water partition coefficient (Wildman–Crippen LogP) is 1.11. The maximum Gasteiger partial charge on any atom is 0.242 e. The Bertz CT molecular complexity index is 613. The molecule has 1 aromatic rings. The molecule has 20 heavy (non-hydrogen) atoms. The van der Waals surface area contributed by atoms with Crippen LogP contribution in [0.4, 0.5) is 0 Å². The SMILES string of the molecule is CCC(C)(C)CNS(=O)(=O)c1cncc(C#CCN)c1. The summed E-state index contributed by atoms with van der Waals surface area (Å²) in [5.41, 5.74) is 5.74. The van der Waals surface area contributed by atoms with Crippen molar-refractivity contribution < 1.29 is 8.42 Å². The van der Waals surface area contributed by atoms with Crippen LogP contribution in [-0.2, 0) is 10.0 Å². The summed E-state index contributed by atoms with van der Waals surface area (Å²) in [6.07, 6.45) is 3.71. The molecule has 0 aliphatic rings. The highest BCUT2D eigenvalue weighted by Crippen LogP contribution is 2.19. The number of sulfonamides is 1. The van der Waals surface area contributed by atoms with Gasteiger partial charge in [-0.2, -0.15) is 0 Å². The fourth-order valence-electron chi connectivity index (χ4n) is 1.29. The van der Waals surface area contributed by atoms with Crippen LogP contribution in [0.5, 0.6) is 0 Å². The molecule has 1 aromatic heterocycles. The molecule has 3 N–H and O–H groups in total. The van der Waals surface area contributed by atoms with Crippen molar-refractivity contribution in [2.45, 2.75) is 32.1 Å². The highest BCUT2D eigenvalue weighted by atomic mass is 32.2. The molecule has 0 aliphatic heterocycles. The minimum absolute atomic E-state index is 0.0858. The van der Waals surface area contributed by atoms with Crippen molar-refractivity contribution in [1.82, 2.24) is 9.71 Å². The number of hydrogen-bond acceptors (Lipinski definition) is 4. The molecule has 0 unspecified atom stereocenters. The van der Waals surface area contributed by atoms with E-state index in [1.54, 1.807) is 0 Å². The zero-order chi connectivity index (χ0) is 15.2. The second-order valence-electron chi connectivity index (χ2n) is 5.26. The zero-order valence-corrected chi connectivity index (χ0v) is 12.9. The molecule has 0 amide bonds. The third kappa shape index (κ3) is 4.93. The van der Waals surface area contributed by atoms with Crippen LogP contribution in [0.15, 0.2) is 23.4 Å². The summed E-state index contributed by atoms with van der Waals surface area (Å²) >= 11 is 0. The Balaban J connectivity index is 2.93. The monoisotopic (exact) mass is 295 g/mol. The smallest absolute Gasteiger partial charge is 0.242 e. The lowest BCUT2D eigenvalue weighted by Crippen LogP contribution is -2.33. The Hall–Kier alpha value is -1.42. The van der Waals surface area contributed by atoms with Crippen molar-refractivity contribution in [3.05, 3.63) is 24.0 Å². The summed E-state index contributed by atoms with van der Waals surface area (Å²) in [4.78, 5) is 4.02. The molecule has 1 rings (SSSR count). The minimum Gasteiger partial charge on any atom is -0.320 e. The summed E-state index contributed by atoms with van der Waals surface area (Å²) in [5, 5.41) is 0. The van der Waals surface area contributed by atoms with E-state index in [4.69, 9.17) is 5.73 Å². The normalized spacial score (nSPS) is 11.8. The molecule has 5 nitrogen and oxygen atoms in total. The van der Waals surface area contributed by atoms with Crippen molar-refractivity contribution in [2.75, 3.05) is 13.1 Å². The third-order valence-electron chi connectivity index (χ3n) is 3.06. The van der Waals surface area contributed by atoms with Gasteiger partial charge in [-0.15, -0.1) is 0 Å². The average Bonchev–Trinajstić information content (AvgIpc) is 2.43. The third-order valence-corrected chi connectivity index (χ3v) is 4.42. The summed E-state index contributed by atoms with van der Waals surface area (Å²) in [5.74, 6) is 5.44. The first kappa shape index (κ1) is 16.6. The minimum atomic E-state index is -3.56. The first-order valence-corrected chi connectivity index (χ1v) is 7.93. The van der Waals surface area contributed by atoms with E-state index in [0.29, 0.717) is 12.1 Å². The lowest BCUT2D eigenvalue weighted by molar-refractivity contribution is 0.350. The molecule has 0 radical (unpaired) electrons. The molecular weight excluding hydrogens is 274 g/mol. The van der Waals surface area contributed by atoms with E-state index in [-0.39, 0.29) is 16.9 Å². The van der Waals surface area contributed by atoms with Crippen LogP contribution in [0, 0.1) is 17.3 Å². The maximum atomic E-state index is 12.2. The second kappa shape index (κ2) is 6.84. The summed E-state index contributed by atoms with van der Waals surface area (Å²) in [7, 11) is -3.56. The van der Waals surface area contributed by atoms with Gasteiger partial charge in [-0.25, -0.2) is 13.1 Å². The molecule has 0 aliphatic carbocycles. The lowest BCUT2D eigenvalue weighted by Gasteiger charge is -2.22. The van der Waals surface area contributed by atoms with Gasteiger partial charge in [0.05, 0.1) is 6.54 Å². The van der Waals surface area contributed by atoms with Crippen LogP contribution >= 0.6 is 0 Å². The van der Waals surface area contributed by atoms with E-state index in [1.807, 2.05) is 20.8 Å². The molecule has 0 atom stereocenters. The van der Waals surface area contributed by atoms with Crippen LogP contribution in [0.25, 0.3) is 0 Å². The Kier molecular flexibility index (Phi) is 5.69. The predicted molar refractivity (Wildman–Crippen MR) is 79.4 cm³/mol. The lowest BCUT2D eigenvalue weighted by atomic mass is 9.91. The molecule has 0 bridgehead atoms. The molecule has 0 saturated carbocycles. The van der Waals surface area contributed by atoms with Gasteiger partial charge in [0.1, 0.15) is 4.90 Å². The molecule has 6 heteroatoms. The van der Waals surface area contributed by atoms with Crippen molar-refractivity contribution in [3.63, 3.8) is 0 Å². The fraction of sp³-hybridized carbons (Fsp3) is 0.500. The van der Waals surface area contributed by atoms with Crippen molar-refractivity contribution in [2.24, 2.45) is 11.1 Å². The maximum absolute atomic E-state index is 12.2. The number of nitrogens with two attached hydrogens (primary N) is 1. The second-order valence-corrected chi connectivity index (χ2v) is 7.02. The highest BCUT2D eigenvalue weighted by Gasteiger charge is 2.21. The van der Waals surface area contributed by atoms with E-state index in [0.717, 1.165) is 6.42 Å². The number of hydrogen-bond donors (Lipinski definition) is 2. The van der Waals surface area contributed by atoms with Gasteiger partial charge in [-0.3, -0.25) is 4.98 Å². The van der Waals surface area contributed by atoms with E-state index >= 15 is 0 Å². The van der Waals surface area contributed by atoms with E-state index in [2.05, 4.69) is 21.5 Å². The van der Waals surface area contributed by atoms with E-state index < -0.39 is 10.0 Å². The van der Waals surface area contributed by atoms with E-state index in [1.165, 1.54) is 18.5 Å². The Morgan fingerprint density at radius 2 is 2.10 bits per heavy atom. The molecular formula is C14H21N3O2S. The van der Waals surface area contributed by atoms with Crippen molar-refractivity contribution in [1.29, 1.82) is 0 Å².